The highest BCUT2D eigenvalue weighted by Gasteiger charge is 2.31. The van der Waals surface area contributed by atoms with E-state index < -0.39 is 0 Å². The van der Waals surface area contributed by atoms with Gasteiger partial charge in [0.1, 0.15) is 17.3 Å². The zero-order valence-corrected chi connectivity index (χ0v) is 18.2. The summed E-state index contributed by atoms with van der Waals surface area (Å²) in [5.74, 6) is 2.57. The van der Waals surface area contributed by atoms with Crippen molar-refractivity contribution >= 4 is 16.7 Å². The van der Waals surface area contributed by atoms with Crippen molar-refractivity contribution in [1.82, 2.24) is 15.3 Å². The molecule has 0 saturated carbocycles. The summed E-state index contributed by atoms with van der Waals surface area (Å²) in [7, 11) is 1.71. The van der Waals surface area contributed by atoms with E-state index in [4.69, 9.17) is 14.7 Å². The van der Waals surface area contributed by atoms with Gasteiger partial charge in [-0.1, -0.05) is 42.0 Å². The number of hydrogen-bond donors (Lipinski definition) is 3. The summed E-state index contributed by atoms with van der Waals surface area (Å²) < 4.78 is 5.62. The minimum Gasteiger partial charge on any atom is -0.507 e. The van der Waals surface area contributed by atoms with Crippen molar-refractivity contribution in [3.8, 4) is 22.9 Å². The highest BCUT2D eigenvalue weighted by atomic mass is 16.5. The van der Waals surface area contributed by atoms with E-state index in [-0.39, 0.29) is 17.7 Å². The summed E-state index contributed by atoms with van der Waals surface area (Å²) in [6.07, 6.45) is 0. The van der Waals surface area contributed by atoms with E-state index in [1.54, 1.807) is 13.2 Å². The molecule has 2 heterocycles. The van der Waals surface area contributed by atoms with E-state index in [9.17, 15) is 5.11 Å². The van der Waals surface area contributed by atoms with Crippen molar-refractivity contribution in [1.29, 1.82) is 0 Å². The number of nitrogens with one attached hydrogen (secondary N) is 2. The lowest BCUT2D eigenvalue weighted by molar-refractivity contribution is 0.405. The van der Waals surface area contributed by atoms with E-state index in [1.807, 2.05) is 61.5 Å². The summed E-state index contributed by atoms with van der Waals surface area (Å²) in [5.41, 5.74) is 3.68. The number of hydrogen-bond acceptors (Lipinski definition) is 6. The van der Waals surface area contributed by atoms with E-state index in [1.165, 1.54) is 5.56 Å². The number of phenols is 1. The number of benzene rings is 3. The zero-order valence-electron chi connectivity index (χ0n) is 18.2. The molecule has 3 aromatic carbocycles. The molecule has 32 heavy (non-hydrogen) atoms. The van der Waals surface area contributed by atoms with Gasteiger partial charge in [-0.25, -0.2) is 9.97 Å². The van der Waals surface area contributed by atoms with Crippen LogP contribution in [0.2, 0.25) is 0 Å². The number of anilines is 1. The fourth-order valence-electron chi connectivity index (χ4n) is 4.44. The smallest absolute Gasteiger partial charge is 0.165 e. The number of aromatic nitrogens is 2. The lowest BCUT2D eigenvalue weighted by Crippen LogP contribution is -2.28. The third-order valence-corrected chi connectivity index (χ3v) is 6.07. The SMILES string of the molecule is COc1ccccc1[C@@H]1CNCC1Nc1nc(-c2cc(C)ccc2O)nc2ccccc12. The van der Waals surface area contributed by atoms with Crippen LogP contribution in [0.3, 0.4) is 0 Å². The lowest BCUT2D eigenvalue weighted by Gasteiger charge is -2.23. The predicted molar refractivity (Wildman–Crippen MR) is 127 cm³/mol. The first kappa shape index (κ1) is 20.3. The molecule has 5 rings (SSSR count). The molecule has 2 atom stereocenters. The number of methoxy groups -OCH3 is 1. The van der Waals surface area contributed by atoms with Gasteiger partial charge < -0.3 is 20.5 Å². The van der Waals surface area contributed by atoms with Gasteiger partial charge in [0.05, 0.1) is 18.2 Å². The minimum absolute atomic E-state index is 0.128. The first-order valence-corrected chi connectivity index (χ1v) is 10.8. The molecular formula is C26H26N4O2. The largest absolute Gasteiger partial charge is 0.507 e. The number of fused-ring (bicyclic) bond motifs is 1. The summed E-state index contributed by atoms with van der Waals surface area (Å²) in [6, 6.07) is 21.7. The molecular weight excluding hydrogens is 400 g/mol. The average molecular weight is 427 g/mol. The number of phenolic OH excluding ortho intramolecular Hbond substituents is 1. The molecule has 6 nitrogen and oxygen atoms in total. The Balaban J connectivity index is 1.57. The number of aryl methyl sites for hydroxylation is 1. The van der Waals surface area contributed by atoms with Crippen molar-refractivity contribution < 1.29 is 9.84 Å². The number of aromatic hydroxyl groups is 1. The van der Waals surface area contributed by atoms with E-state index in [2.05, 4.69) is 16.7 Å². The Labute approximate surface area is 187 Å². The van der Waals surface area contributed by atoms with Crippen LogP contribution in [-0.2, 0) is 0 Å². The second kappa shape index (κ2) is 8.48. The van der Waals surface area contributed by atoms with Gasteiger partial charge >= 0.3 is 0 Å². The molecule has 1 aliphatic rings. The van der Waals surface area contributed by atoms with E-state index in [0.717, 1.165) is 41.1 Å². The molecule has 6 heteroatoms. The monoisotopic (exact) mass is 426 g/mol. The van der Waals surface area contributed by atoms with Gasteiger partial charge in [0, 0.05) is 36.0 Å². The quantitative estimate of drug-likeness (QED) is 0.437. The van der Waals surface area contributed by atoms with Crippen molar-refractivity contribution in [3.63, 3.8) is 0 Å². The molecule has 162 valence electrons. The topological polar surface area (TPSA) is 79.3 Å². The van der Waals surface area contributed by atoms with Crippen molar-refractivity contribution in [2.24, 2.45) is 0 Å². The summed E-state index contributed by atoms with van der Waals surface area (Å²) in [5, 5.41) is 18.6. The number of rotatable bonds is 5. The summed E-state index contributed by atoms with van der Waals surface area (Å²) >= 11 is 0. The highest BCUT2D eigenvalue weighted by molar-refractivity contribution is 5.91. The maximum absolute atomic E-state index is 10.5. The van der Waals surface area contributed by atoms with Gasteiger partial charge in [0.25, 0.3) is 0 Å². The molecule has 3 N–H and O–H groups in total. The Hall–Kier alpha value is -3.64. The molecule has 1 unspecified atom stereocenters. The van der Waals surface area contributed by atoms with E-state index >= 15 is 0 Å². The summed E-state index contributed by atoms with van der Waals surface area (Å²) in [6.45, 7) is 3.66. The maximum Gasteiger partial charge on any atom is 0.165 e. The van der Waals surface area contributed by atoms with Crippen LogP contribution < -0.4 is 15.4 Å². The first-order valence-electron chi connectivity index (χ1n) is 10.8. The van der Waals surface area contributed by atoms with Gasteiger partial charge in [-0.15, -0.1) is 0 Å². The van der Waals surface area contributed by atoms with Crippen molar-refractivity contribution in [3.05, 3.63) is 77.9 Å². The maximum atomic E-state index is 10.5. The van der Waals surface area contributed by atoms with E-state index in [0.29, 0.717) is 11.4 Å². The Morgan fingerprint density at radius 3 is 2.69 bits per heavy atom. The molecule has 0 radical (unpaired) electrons. The van der Waals surface area contributed by atoms with Crippen LogP contribution in [0.4, 0.5) is 5.82 Å². The van der Waals surface area contributed by atoms with Gasteiger partial charge in [-0.05, 0) is 37.3 Å². The van der Waals surface area contributed by atoms with Crippen LogP contribution >= 0.6 is 0 Å². The van der Waals surface area contributed by atoms with Crippen molar-refractivity contribution in [2.45, 2.75) is 18.9 Å². The minimum atomic E-state index is 0.128. The van der Waals surface area contributed by atoms with Crippen LogP contribution in [0.15, 0.2) is 66.7 Å². The fourth-order valence-corrected chi connectivity index (χ4v) is 4.44. The molecule has 0 aliphatic carbocycles. The fraction of sp³-hybridized carbons (Fsp3) is 0.231. The molecule has 1 fully saturated rings. The van der Waals surface area contributed by atoms with Gasteiger partial charge in [-0.3, -0.25) is 0 Å². The van der Waals surface area contributed by atoms with Crippen LogP contribution in [0.5, 0.6) is 11.5 Å². The molecule has 1 saturated heterocycles. The van der Waals surface area contributed by atoms with Crippen molar-refractivity contribution in [2.75, 3.05) is 25.5 Å². The second-order valence-electron chi connectivity index (χ2n) is 8.19. The molecule has 1 aliphatic heterocycles. The van der Waals surface area contributed by atoms with Crippen LogP contribution in [0.1, 0.15) is 17.0 Å². The molecule has 4 aromatic rings. The highest BCUT2D eigenvalue weighted by Crippen LogP contribution is 2.35. The van der Waals surface area contributed by atoms with Crippen LogP contribution in [0, 0.1) is 6.92 Å². The van der Waals surface area contributed by atoms with Gasteiger partial charge in [0.15, 0.2) is 5.82 Å². The van der Waals surface area contributed by atoms with Gasteiger partial charge in [0.2, 0.25) is 0 Å². The molecule has 0 amide bonds. The standard InChI is InChI=1S/C26H26N4O2/c1-16-11-12-23(31)19(13-16)26-28-21-9-5-3-8-18(21)25(30-26)29-22-15-27-14-20(22)17-7-4-6-10-24(17)32-2/h3-13,20,22,27,31H,14-15H2,1-2H3,(H,28,29,30)/t20-,22?/m0/s1. The Morgan fingerprint density at radius 1 is 1.00 bits per heavy atom. The Bertz CT molecular complexity index is 1270. The molecule has 0 bridgehead atoms. The van der Waals surface area contributed by atoms with Gasteiger partial charge in [-0.2, -0.15) is 0 Å². The average Bonchev–Trinajstić information content (AvgIpc) is 3.28. The zero-order chi connectivity index (χ0) is 22.1. The Kier molecular flexibility index (Phi) is 5.37. The number of ether oxygens (including phenoxy) is 1. The number of para-hydroxylation sites is 2. The predicted octanol–water partition coefficient (Wildman–Crippen LogP) is 4.49. The van der Waals surface area contributed by atoms with Crippen LogP contribution in [-0.4, -0.2) is 41.3 Å². The number of nitrogens with zero attached hydrogens (tertiary/aromatic N) is 2. The lowest BCUT2D eigenvalue weighted by atomic mass is 9.93. The first-order chi connectivity index (χ1) is 15.6. The second-order valence-corrected chi connectivity index (χ2v) is 8.19. The third-order valence-electron chi connectivity index (χ3n) is 6.07. The van der Waals surface area contributed by atoms with Crippen LogP contribution in [0.25, 0.3) is 22.3 Å². The molecule has 1 aromatic heterocycles. The Morgan fingerprint density at radius 2 is 1.81 bits per heavy atom. The third kappa shape index (κ3) is 3.74. The summed E-state index contributed by atoms with van der Waals surface area (Å²) in [4.78, 5) is 9.61. The molecule has 0 spiro atoms. The normalized spacial score (nSPS) is 18.1.